The molecular weight excluding hydrogens is 432 g/mol. The minimum absolute atomic E-state index is 0.137. The van der Waals surface area contributed by atoms with Crippen molar-refractivity contribution >= 4 is 39.2 Å². The maximum absolute atomic E-state index is 13.7. The lowest BCUT2D eigenvalue weighted by Crippen LogP contribution is -2.57. The minimum atomic E-state index is -0.373. The van der Waals surface area contributed by atoms with E-state index in [0.717, 1.165) is 56.6 Å². The Balaban J connectivity index is 1.46. The van der Waals surface area contributed by atoms with E-state index in [-0.39, 0.29) is 21.6 Å². The number of benzene rings is 1. The molecule has 2 atom stereocenters. The van der Waals surface area contributed by atoms with Gasteiger partial charge in [-0.2, -0.15) is 0 Å². The van der Waals surface area contributed by atoms with Crippen LogP contribution in [0.3, 0.4) is 0 Å². The van der Waals surface area contributed by atoms with E-state index in [9.17, 15) is 9.59 Å². The fourth-order valence-corrected chi connectivity index (χ4v) is 8.24. The number of carbonyl (C=O) groups is 2. The topological polar surface area (TPSA) is 58.6 Å². The summed E-state index contributed by atoms with van der Waals surface area (Å²) in [6, 6.07) is 5.55. The third-order valence-corrected chi connectivity index (χ3v) is 8.51. The molecule has 2 unspecified atom stereocenters. The molecule has 5 fully saturated rings. The van der Waals surface area contributed by atoms with Gasteiger partial charge in [0, 0.05) is 17.4 Å². The SMILES string of the molecule is COC(=O)c1ccc(N2CCCC2)c(NC(=O)C23CC4CC(CC(Br)(C4)C2)C3)c1. The lowest BCUT2D eigenvalue weighted by molar-refractivity contribution is -0.138. The standard InChI is InChI=1S/C23H29BrN2O3/c1-29-20(27)17-4-5-19(26-6-2-3-7-26)18(9-17)25-21(28)22-10-15-8-16(11-22)13-23(24,12-15)14-22/h4-5,9,15-16H,2-3,6-8,10-14H2,1H3,(H,25,28). The second-order valence-electron chi connectivity index (χ2n) is 9.76. The fraction of sp³-hybridized carbons (Fsp3) is 0.652. The van der Waals surface area contributed by atoms with Gasteiger partial charge >= 0.3 is 5.97 Å². The average Bonchev–Trinajstić information content (AvgIpc) is 3.20. The number of hydrogen-bond acceptors (Lipinski definition) is 4. The zero-order valence-electron chi connectivity index (χ0n) is 17.0. The van der Waals surface area contributed by atoms with Crippen molar-refractivity contribution in [2.45, 2.75) is 55.7 Å². The summed E-state index contributed by atoms with van der Waals surface area (Å²) < 4.78 is 5.04. The molecule has 1 amide bonds. The maximum atomic E-state index is 13.7. The molecule has 5 nitrogen and oxygen atoms in total. The van der Waals surface area contributed by atoms with Crippen molar-refractivity contribution < 1.29 is 14.3 Å². The van der Waals surface area contributed by atoms with Crippen LogP contribution in [0.2, 0.25) is 0 Å². The number of rotatable bonds is 4. The molecule has 1 aromatic rings. The molecule has 4 aliphatic carbocycles. The Hall–Kier alpha value is -1.56. The van der Waals surface area contributed by atoms with Gasteiger partial charge in [-0.05, 0) is 81.4 Å². The van der Waals surface area contributed by atoms with E-state index in [2.05, 4.69) is 26.1 Å². The van der Waals surface area contributed by atoms with E-state index in [1.807, 2.05) is 6.07 Å². The first-order valence-corrected chi connectivity index (χ1v) is 11.7. The van der Waals surface area contributed by atoms with Crippen LogP contribution in [0.25, 0.3) is 0 Å². The lowest BCUT2D eigenvalue weighted by atomic mass is 9.49. The van der Waals surface area contributed by atoms with Gasteiger partial charge in [0.15, 0.2) is 0 Å². The summed E-state index contributed by atoms with van der Waals surface area (Å²) in [7, 11) is 1.39. The molecule has 6 heteroatoms. The van der Waals surface area contributed by atoms with Gasteiger partial charge in [-0.15, -0.1) is 0 Å². The Labute approximate surface area is 180 Å². The lowest BCUT2D eigenvalue weighted by Gasteiger charge is -2.59. The van der Waals surface area contributed by atoms with Crippen molar-refractivity contribution in [3.8, 4) is 0 Å². The van der Waals surface area contributed by atoms with Crippen LogP contribution in [0.1, 0.15) is 61.7 Å². The van der Waals surface area contributed by atoms with Crippen LogP contribution in [0.4, 0.5) is 11.4 Å². The summed E-state index contributed by atoms with van der Waals surface area (Å²) in [5.74, 6) is 1.07. The molecule has 1 aliphatic heterocycles. The zero-order chi connectivity index (χ0) is 20.2. The molecule has 1 aromatic carbocycles. The molecule has 6 rings (SSSR count). The highest BCUT2D eigenvalue weighted by Crippen LogP contribution is 2.64. The van der Waals surface area contributed by atoms with Gasteiger partial charge in [-0.3, -0.25) is 4.79 Å². The Morgan fingerprint density at radius 3 is 2.45 bits per heavy atom. The number of alkyl halides is 1. The second-order valence-corrected chi connectivity index (χ2v) is 11.4. The molecule has 1 N–H and O–H groups in total. The van der Waals surface area contributed by atoms with Gasteiger partial charge in [-0.1, -0.05) is 15.9 Å². The van der Waals surface area contributed by atoms with Gasteiger partial charge in [0.25, 0.3) is 0 Å². The van der Waals surface area contributed by atoms with Crippen molar-refractivity contribution in [1.29, 1.82) is 0 Å². The highest BCUT2D eigenvalue weighted by atomic mass is 79.9. The second kappa shape index (κ2) is 7.00. The fourth-order valence-electron chi connectivity index (χ4n) is 6.79. The molecule has 1 saturated heterocycles. The van der Waals surface area contributed by atoms with Crippen LogP contribution in [0, 0.1) is 17.3 Å². The molecule has 4 bridgehead atoms. The zero-order valence-corrected chi connectivity index (χ0v) is 18.6. The number of carbonyl (C=O) groups excluding carboxylic acids is 2. The summed E-state index contributed by atoms with van der Waals surface area (Å²) in [6.45, 7) is 1.97. The first-order chi connectivity index (χ1) is 13.9. The highest BCUT2D eigenvalue weighted by molar-refractivity contribution is 9.10. The van der Waals surface area contributed by atoms with E-state index < -0.39 is 0 Å². The molecular formula is C23H29BrN2O3. The Morgan fingerprint density at radius 2 is 1.83 bits per heavy atom. The number of nitrogens with zero attached hydrogens (tertiary/aromatic N) is 1. The number of anilines is 2. The van der Waals surface area contributed by atoms with Crippen LogP contribution in [0.5, 0.6) is 0 Å². The van der Waals surface area contributed by atoms with Gasteiger partial charge in [0.2, 0.25) is 5.91 Å². The quantitative estimate of drug-likeness (QED) is 0.520. The smallest absolute Gasteiger partial charge is 0.337 e. The monoisotopic (exact) mass is 460 g/mol. The summed E-state index contributed by atoms with van der Waals surface area (Å²) in [4.78, 5) is 28.1. The number of ether oxygens (including phenoxy) is 1. The molecule has 1 heterocycles. The van der Waals surface area contributed by atoms with E-state index in [1.54, 1.807) is 12.1 Å². The number of halogens is 1. The molecule has 0 radical (unpaired) electrons. The predicted octanol–water partition coefficient (Wildman–Crippen LogP) is 4.75. The Bertz CT molecular complexity index is 835. The Morgan fingerprint density at radius 1 is 1.14 bits per heavy atom. The van der Waals surface area contributed by atoms with Crippen LogP contribution in [0.15, 0.2) is 18.2 Å². The van der Waals surface area contributed by atoms with Crippen LogP contribution < -0.4 is 10.2 Å². The molecule has 4 saturated carbocycles. The molecule has 29 heavy (non-hydrogen) atoms. The van der Waals surface area contributed by atoms with Gasteiger partial charge < -0.3 is 15.0 Å². The van der Waals surface area contributed by atoms with Crippen LogP contribution in [-0.2, 0) is 9.53 Å². The molecule has 5 aliphatic rings. The number of nitrogens with one attached hydrogen (secondary N) is 1. The normalized spacial score (nSPS) is 35.0. The largest absolute Gasteiger partial charge is 0.465 e. The average molecular weight is 461 g/mol. The van der Waals surface area contributed by atoms with E-state index >= 15 is 0 Å². The predicted molar refractivity (Wildman–Crippen MR) is 117 cm³/mol. The summed E-state index contributed by atoms with van der Waals surface area (Å²) in [5, 5.41) is 3.27. The third kappa shape index (κ3) is 3.37. The van der Waals surface area contributed by atoms with Crippen molar-refractivity contribution in [1.82, 2.24) is 0 Å². The minimum Gasteiger partial charge on any atom is -0.465 e. The van der Waals surface area contributed by atoms with Crippen molar-refractivity contribution in [3.63, 3.8) is 0 Å². The summed E-state index contributed by atoms with van der Waals surface area (Å²) in [5.41, 5.74) is 1.96. The highest BCUT2D eigenvalue weighted by Gasteiger charge is 2.59. The first kappa shape index (κ1) is 19.4. The number of amides is 1. The van der Waals surface area contributed by atoms with Crippen LogP contribution in [-0.4, -0.2) is 36.4 Å². The number of esters is 1. The number of methoxy groups -OCH3 is 1. The molecule has 0 spiro atoms. The van der Waals surface area contributed by atoms with Crippen molar-refractivity contribution in [2.75, 3.05) is 30.4 Å². The first-order valence-electron chi connectivity index (χ1n) is 10.9. The summed E-state index contributed by atoms with van der Waals surface area (Å²) in [6.07, 6.45) is 8.92. The van der Waals surface area contributed by atoms with Crippen LogP contribution >= 0.6 is 15.9 Å². The van der Waals surface area contributed by atoms with E-state index in [1.165, 1.54) is 26.4 Å². The third-order valence-electron chi connectivity index (χ3n) is 7.58. The summed E-state index contributed by atoms with van der Waals surface area (Å²) >= 11 is 4.01. The van der Waals surface area contributed by atoms with Gasteiger partial charge in [0.05, 0.1) is 29.5 Å². The Kier molecular flexibility index (Phi) is 4.68. The van der Waals surface area contributed by atoms with E-state index in [4.69, 9.17) is 4.74 Å². The van der Waals surface area contributed by atoms with Gasteiger partial charge in [0.1, 0.15) is 0 Å². The maximum Gasteiger partial charge on any atom is 0.337 e. The van der Waals surface area contributed by atoms with Gasteiger partial charge in [-0.25, -0.2) is 4.79 Å². The molecule has 0 aromatic heterocycles. The van der Waals surface area contributed by atoms with Crippen molar-refractivity contribution in [3.05, 3.63) is 23.8 Å². The van der Waals surface area contributed by atoms with E-state index in [0.29, 0.717) is 17.4 Å². The van der Waals surface area contributed by atoms with Crippen molar-refractivity contribution in [2.24, 2.45) is 17.3 Å². The molecule has 156 valence electrons. The number of hydrogen-bond donors (Lipinski definition) is 1.